The average Bonchev–Trinajstić information content (AvgIpc) is 2.43. The van der Waals surface area contributed by atoms with Gasteiger partial charge in [-0.2, -0.15) is 0 Å². The van der Waals surface area contributed by atoms with Crippen LogP contribution in [-0.4, -0.2) is 33.0 Å². The summed E-state index contributed by atoms with van der Waals surface area (Å²) in [5, 5.41) is 12.5. The first-order valence-electron chi connectivity index (χ1n) is 6.16. The van der Waals surface area contributed by atoms with Crippen molar-refractivity contribution in [2.75, 3.05) is 27.5 Å². The van der Waals surface area contributed by atoms with Crippen molar-refractivity contribution >= 4 is 29.6 Å². The van der Waals surface area contributed by atoms with Gasteiger partial charge < -0.3 is 19.3 Å². The number of methoxy groups -OCH3 is 3. The van der Waals surface area contributed by atoms with E-state index in [9.17, 15) is 5.11 Å². The summed E-state index contributed by atoms with van der Waals surface area (Å²) in [7, 11) is 5.30. The molecule has 1 aromatic carbocycles. The molecule has 0 bridgehead atoms. The van der Waals surface area contributed by atoms with Crippen LogP contribution in [0.25, 0.3) is 0 Å². The lowest BCUT2D eigenvalue weighted by molar-refractivity contribution is -0.207. The van der Waals surface area contributed by atoms with Gasteiger partial charge >= 0.3 is 0 Å². The molecule has 0 radical (unpaired) electrons. The summed E-state index contributed by atoms with van der Waals surface area (Å²) in [6.07, 6.45) is 0.792. The molecule has 112 valence electrons. The van der Waals surface area contributed by atoms with Gasteiger partial charge in [0.15, 0.2) is 11.5 Å². The van der Waals surface area contributed by atoms with Crippen molar-refractivity contribution in [1.29, 1.82) is 0 Å². The Labute approximate surface area is 130 Å². The van der Waals surface area contributed by atoms with Crippen molar-refractivity contribution in [2.45, 2.75) is 13.8 Å². The van der Waals surface area contributed by atoms with Gasteiger partial charge in [-0.1, -0.05) is 13.8 Å². The molecule has 0 fully saturated rings. The quantitative estimate of drug-likeness (QED) is 0.731. The van der Waals surface area contributed by atoms with Gasteiger partial charge in [0, 0.05) is 6.07 Å². The molecule has 0 saturated heterocycles. The van der Waals surface area contributed by atoms with Crippen LogP contribution in [0.4, 0.5) is 0 Å². The molecule has 0 saturated carbocycles. The second-order valence-corrected chi connectivity index (χ2v) is 6.48. The van der Waals surface area contributed by atoms with Crippen LogP contribution in [0.5, 0.6) is 17.2 Å². The summed E-state index contributed by atoms with van der Waals surface area (Å²) in [5.41, 5.74) is 0.385. The molecule has 0 heterocycles. The van der Waals surface area contributed by atoms with Gasteiger partial charge in [0.1, 0.15) is 5.75 Å². The zero-order chi connectivity index (χ0) is 15.3. The largest absolute Gasteiger partial charge is 0.823 e. The van der Waals surface area contributed by atoms with Crippen LogP contribution in [0.1, 0.15) is 19.4 Å². The van der Waals surface area contributed by atoms with Crippen molar-refractivity contribution < 1.29 is 19.3 Å². The fraction of sp³-hybridized carbons (Fsp3) is 0.500. The number of hydrogen-bond donors (Lipinski definition) is 0. The summed E-state index contributed by atoms with van der Waals surface area (Å²) in [5.74, 6) is 1.84. The highest BCUT2D eigenvalue weighted by atomic mass is 79.9. The Balaban J connectivity index is 3.47. The molecule has 0 aliphatic heterocycles. The molecule has 20 heavy (non-hydrogen) atoms. The lowest BCUT2D eigenvalue weighted by Crippen LogP contribution is -2.19. The number of ether oxygens (including phenoxy) is 3. The Morgan fingerprint density at radius 3 is 2.25 bits per heavy atom. The van der Waals surface area contributed by atoms with Gasteiger partial charge in [0.2, 0.25) is 0 Å². The van der Waals surface area contributed by atoms with Gasteiger partial charge in [-0.15, -0.1) is 13.7 Å². The molecular weight excluding hydrogens is 343 g/mol. The molecule has 0 aliphatic rings. The van der Waals surface area contributed by atoms with Crippen LogP contribution >= 0.6 is 24.1 Å². The predicted octanol–water partition coefficient (Wildman–Crippen LogP) is 2.92. The maximum Gasteiger partial charge on any atom is 0.171 e. The van der Waals surface area contributed by atoms with Crippen molar-refractivity contribution in [3.8, 4) is 17.2 Å². The minimum absolute atomic E-state index is 0.0352. The molecule has 4 nitrogen and oxygen atoms in total. The van der Waals surface area contributed by atoms with E-state index >= 15 is 0 Å². The van der Waals surface area contributed by atoms with E-state index in [2.05, 4.69) is 29.8 Å². The average molecular weight is 362 g/mol. The molecule has 0 spiro atoms. The van der Waals surface area contributed by atoms with Gasteiger partial charge in [0.05, 0.1) is 31.4 Å². The van der Waals surface area contributed by atoms with E-state index in [-0.39, 0.29) is 5.48 Å². The van der Waals surface area contributed by atoms with Crippen molar-refractivity contribution in [3.05, 3.63) is 16.1 Å². The molecule has 0 N–H and O–H groups in total. The number of hydrogen-bond acceptors (Lipinski definition) is 4. The van der Waals surface area contributed by atoms with Crippen LogP contribution in [0, 0.1) is 5.92 Å². The fourth-order valence-electron chi connectivity index (χ4n) is 1.68. The maximum atomic E-state index is 12.5. The molecule has 0 aromatic heterocycles. The summed E-state index contributed by atoms with van der Waals surface area (Å²) in [6.45, 7) is 4.16. The molecule has 6 heteroatoms. The van der Waals surface area contributed by atoms with E-state index < -0.39 is 0 Å². The molecule has 0 atom stereocenters. The zero-order valence-corrected chi connectivity index (χ0v) is 14.8. The van der Waals surface area contributed by atoms with Crippen LogP contribution in [0.15, 0.2) is 10.5 Å². The third-order valence-electron chi connectivity index (χ3n) is 2.59. The van der Waals surface area contributed by atoms with E-state index in [0.717, 1.165) is 6.16 Å². The van der Waals surface area contributed by atoms with Gasteiger partial charge in [-0.05, 0) is 28.0 Å². The Kier molecular flexibility index (Phi) is 6.80. The van der Waals surface area contributed by atoms with Crippen LogP contribution in [0.2, 0.25) is 0 Å². The first-order chi connectivity index (χ1) is 9.46. The lowest BCUT2D eigenvalue weighted by Gasteiger charge is -2.22. The Bertz CT molecular complexity index is 500. The minimum atomic E-state index is -0.0352. The zero-order valence-electron chi connectivity index (χ0n) is 12.3. The standard InChI is InChI=1S/C14H20BrO4P/c1-8(2)7-20-14(16)11-12(18-4)9(15)6-10(17-3)13(11)19-5/h6,8,16H,7H2,1-5H3/p-1. The number of benzene rings is 1. The van der Waals surface area contributed by atoms with E-state index in [1.807, 2.05) is 0 Å². The van der Waals surface area contributed by atoms with Crippen molar-refractivity contribution in [2.24, 2.45) is 5.92 Å². The summed E-state index contributed by atoms with van der Waals surface area (Å²) in [4.78, 5) is 0. The maximum absolute atomic E-state index is 12.5. The van der Waals surface area contributed by atoms with Crippen LogP contribution < -0.4 is 19.3 Å². The molecule has 0 amide bonds. The topological polar surface area (TPSA) is 50.8 Å². The molecular formula is C14H19BrO4P-. The van der Waals surface area contributed by atoms with E-state index in [4.69, 9.17) is 14.2 Å². The second kappa shape index (κ2) is 7.87. The summed E-state index contributed by atoms with van der Waals surface area (Å²) < 4.78 is 16.6. The minimum Gasteiger partial charge on any atom is -0.823 e. The molecule has 0 unspecified atom stereocenters. The van der Waals surface area contributed by atoms with Gasteiger partial charge in [-0.3, -0.25) is 0 Å². The van der Waals surface area contributed by atoms with E-state index in [0.29, 0.717) is 41.4 Å². The summed E-state index contributed by atoms with van der Waals surface area (Å²) >= 11 is 3.39. The highest BCUT2D eigenvalue weighted by Gasteiger charge is 2.18. The first kappa shape index (κ1) is 17.3. The predicted molar refractivity (Wildman–Crippen MR) is 84.5 cm³/mol. The Morgan fingerprint density at radius 1 is 1.20 bits per heavy atom. The smallest absolute Gasteiger partial charge is 0.171 e. The number of halogens is 1. The lowest BCUT2D eigenvalue weighted by atomic mass is 10.1. The van der Waals surface area contributed by atoms with Crippen LogP contribution in [-0.2, 0) is 0 Å². The Morgan fingerprint density at radius 2 is 1.80 bits per heavy atom. The van der Waals surface area contributed by atoms with Crippen molar-refractivity contribution in [3.63, 3.8) is 0 Å². The normalized spacial score (nSPS) is 11.7. The first-order valence-corrected chi connectivity index (χ1v) is 8.03. The Hall–Kier alpha value is -0.770. The SMILES string of the molecule is COc1cc(Br)c(OC)c(C([O-])=PCC(C)C)c1OC. The van der Waals surface area contributed by atoms with Crippen molar-refractivity contribution in [1.82, 2.24) is 0 Å². The van der Waals surface area contributed by atoms with E-state index in [1.165, 1.54) is 21.3 Å². The fourth-order valence-corrected chi connectivity index (χ4v) is 3.14. The highest BCUT2D eigenvalue weighted by molar-refractivity contribution is 9.10. The number of rotatable bonds is 6. The van der Waals surface area contributed by atoms with E-state index in [1.54, 1.807) is 6.07 Å². The highest BCUT2D eigenvalue weighted by Crippen LogP contribution is 2.43. The third kappa shape index (κ3) is 3.87. The van der Waals surface area contributed by atoms with Crippen LogP contribution in [0.3, 0.4) is 0 Å². The monoisotopic (exact) mass is 361 g/mol. The molecule has 1 aromatic rings. The summed E-state index contributed by atoms with van der Waals surface area (Å²) in [6, 6.07) is 1.73. The van der Waals surface area contributed by atoms with Gasteiger partial charge in [0.25, 0.3) is 0 Å². The molecule has 0 aliphatic carbocycles. The second-order valence-electron chi connectivity index (χ2n) is 4.54. The molecule has 1 rings (SSSR count). The van der Waals surface area contributed by atoms with Gasteiger partial charge in [-0.25, -0.2) is 0 Å². The third-order valence-corrected chi connectivity index (χ3v) is 4.61.